The normalized spacial score (nSPS) is 13.2. The lowest BCUT2D eigenvalue weighted by Crippen LogP contribution is -2.49. The van der Waals surface area contributed by atoms with Gasteiger partial charge >= 0.3 is 5.97 Å². The molecular weight excluding hydrogens is 222 g/mol. The molecule has 0 saturated carbocycles. The summed E-state index contributed by atoms with van der Waals surface area (Å²) in [5.74, 6) is -1.49. The molecule has 0 aliphatic heterocycles. The summed E-state index contributed by atoms with van der Waals surface area (Å²) in [6.45, 7) is 5.28. The van der Waals surface area contributed by atoms with Gasteiger partial charge in [0.1, 0.15) is 11.7 Å². The van der Waals surface area contributed by atoms with Gasteiger partial charge < -0.3 is 15.0 Å². The lowest BCUT2D eigenvalue weighted by atomic mass is 9.86. The van der Waals surface area contributed by atoms with Gasteiger partial charge in [-0.15, -0.1) is 0 Å². The summed E-state index contributed by atoms with van der Waals surface area (Å²) >= 11 is 0. The fourth-order valence-corrected chi connectivity index (χ4v) is 1.43. The van der Waals surface area contributed by atoms with E-state index in [1.807, 2.05) is 0 Å². The Labute approximate surface area is 99.7 Å². The monoisotopic (exact) mass is 239 g/mol. The molecule has 17 heavy (non-hydrogen) atoms. The highest BCUT2D eigenvalue weighted by molar-refractivity contribution is 5.95. The van der Waals surface area contributed by atoms with Crippen LogP contribution in [0.1, 0.15) is 31.3 Å². The van der Waals surface area contributed by atoms with E-state index in [0.29, 0.717) is 5.69 Å². The van der Waals surface area contributed by atoms with Gasteiger partial charge in [-0.1, -0.05) is 20.8 Å². The second-order valence-corrected chi connectivity index (χ2v) is 5.00. The van der Waals surface area contributed by atoms with Crippen LogP contribution in [0.4, 0.5) is 0 Å². The SMILES string of the molecule is Cn1cncc1C(=O)N[C@@H](C(=O)O)C(C)(C)C. The zero-order valence-corrected chi connectivity index (χ0v) is 10.4. The van der Waals surface area contributed by atoms with E-state index in [9.17, 15) is 9.59 Å². The molecule has 1 aromatic heterocycles. The summed E-state index contributed by atoms with van der Waals surface area (Å²) in [5.41, 5.74) is -0.222. The van der Waals surface area contributed by atoms with Gasteiger partial charge in [-0.25, -0.2) is 9.78 Å². The standard InChI is InChI=1S/C11H17N3O3/c1-11(2,3)8(10(16)17)13-9(15)7-5-12-6-14(7)4/h5-6,8H,1-4H3,(H,13,15)(H,16,17)/t8-/m0/s1. The van der Waals surface area contributed by atoms with Crippen LogP contribution in [0.25, 0.3) is 0 Å². The summed E-state index contributed by atoms with van der Waals surface area (Å²) in [5, 5.41) is 11.6. The Morgan fingerprint density at radius 2 is 2.06 bits per heavy atom. The van der Waals surface area contributed by atoms with Crippen LogP contribution in [0.3, 0.4) is 0 Å². The first-order valence-electron chi connectivity index (χ1n) is 5.23. The Kier molecular flexibility index (Phi) is 3.55. The van der Waals surface area contributed by atoms with Gasteiger partial charge in [0.25, 0.3) is 5.91 Å². The molecular formula is C11H17N3O3. The highest BCUT2D eigenvalue weighted by Gasteiger charge is 2.33. The van der Waals surface area contributed by atoms with E-state index >= 15 is 0 Å². The number of carboxylic acids is 1. The Balaban J connectivity index is 2.86. The lowest BCUT2D eigenvalue weighted by Gasteiger charge is -2.27. The first kappa shape index (κ1) is 13.2. The molecule has 0 fully saturated rings. The number of aryl methyl sites for hydroxylation is 1. The van der Waals surface area contributed by atoms with Crippen molar-refractivity contribution in [3.05, 3.63) is 18.2 Å². The molecule has 0 aliphatic carbocycles. The van der Waals surface area contributed by atoms with Crippen LogP contribution in [0.15, 0.2) is 12.5 Å². The maximum absolute atomic E-state index is 11.9. The molecule has 6 nitrogen and oxygen atoms in total. The molecule has 0 bridgehead atoms. The molecule has 1 heterocycles. The van der Waals surface area contributed by atoms with Gasteiger partial charge in [0.05, 0.1) is 12.5 Å². The third-order valence-corrected chi connectivity index (χ3v) is 2.44. The summed E-state index contributed by atoms with van der Waals surface area (Å²) in [6, 6.07) is -0.940. The van der Waals surface area contributed by atoms with Crippen molar-refractivity contribution in [3.63, 3.8) is 0 Å². The number of amides is 1. The predicted octanol–water partition coefficient (Wildman–Crippen LogP) is 0.649. The van der Waals surface area contributed by atoms with E-state index < -0.39 is 23.3 Å². The van der Waals surface area contributed by atoms with Gasteiger partial charge in [0.2, 0.25) is 0 Å². The van der Waals surface area contributed by atoms with Gasteiger partial charge in [-0.3, -0.25) is 4.79 Å². The molecule has 0 spiro atoms. The maximum atomic E-state index is 11.9. The summed E-state index contributed by atoms with van der Waals surface area (Å²) in [4.78, 5) is 26.8. The van der Waals surface area contributed by atoms with E-state index in [2.05, 4.69) is 10.3 Å². The molecule has 6 heteroatoms. The fourth-order valence-electron chi connectivity index (χ4n) is 1.43. The van der Waals surface area contributed by atoms with Crippen molar-refractivity contribution < 1.29 is 14.7 Å². The lowest BCUT2D eigenvalue weighted by molar-refractivity contribution is -0.142. The number of carboxylic acid groups (broad SMARTS) is 1. The molecule has 1 atom stereocenters. The van der Waals surface area contributed by atoms with Crippen LogP contribution in [0.2, 0.25) is 0 Å². The van der Waals surface area contributed by atoms with Crippen LogP contribution in [-0.4, -0.2) is 32.6 Å². The van der Waals surface area contributed by atoms with Crippen molar-refractivity contribution >= 4 is 11.9 Å². The smallest absolute Gasteiger partial charge is 0.326 e. The average Bonchev–Trinajstić information content (AvgIpc) is 2.58. The number of aromatic nitrogens is 2. The molecule has 94 valence electrons. The van der Waals surface area contributed by atoms with Crippen molar-refractivity contribution in [2.45, 2.75) is 26.8 Å². The van der Waals surface area contributed by atoms with Crippen molar-refractivity contribution in [3.8, 4) is 0 Å². The van der Waals surface area contributed by atoms with Crippen LogP contribution < -0.4 is 5.32 Å². The van der Waals surface area contributed by atoms with E-state index in [1.54, 1.807) is 27.8 Å². The van der Waals surface area contributed by atoms with Crippen LogP contribution in [-0.2, 0) is 11.8 Å². The second kappa shape index (κ2) is 4.57. The van der Waals surface area contributed by atoms with Crippen molar-refractivity contribution in [2.75, 3.05) is 0 Å². The molecule has 1 aromatic rings. The van der Waals surface area contributed by atoms with Crippen LogP contribution >= 0.6 is 0 Å². The zero-order chi connectivity index (χ0) is 13.2. The van der Waals surface area contributed by atoms with Gasteiger partial charge in [-0.05, 0) is 5.41 Å². The minimum Gasteiger partial charge on any atom is -0.480 e. The third kappa shape index (κ3) is 3.05. The molecule has 0 aliphatic rings. The van der Waals surface area contributed by atoms with Crippen molar-refractivity contribution in [2.24, 2.45) is 12.5 Å². The summed E-state index contributed by atoms with van der Waals surface area (Å²) < 4.78 is 1.54. The number of carbonyl (C=O) groups is 2. The highest BCUT2D eigenvalue weighted by Crippen LogP contribution is 2.19. The first-order chi connectivity index (χ1) is 7.73. The molecule has 0 unspecified atom stereocenters. The highest BCUT2D eigenvalue weighted by atomic mass is 16.4. The molecule has 1 rings (SSSR count). The van der Waals surface area contributed by atoms with E-state index in [-0.39, 0.29) is 0 Å². The number of nitrogens with one attached hydrogen (secondary N) is 1. The number of hydrogen-bond acceptors (Lipinski definition) is 3. The zero-order valence-electron chi connectivity index (χ0n) is 10.4. The third-order valence-electron chi connectivity index (χ3n) is 2.44. The Morgan fingerprint density at radius 3 is 2.41 bits per heavy atom. The Hall–Kier alpha value is -1.85. The molecule has 1 amide bonds. The number of nitrogens with zero attached hydrogens (tertiary/aromatic N) is 2. The fraction of sp³-hybridized carbons (Fsp3) is 0.545. The Morgan fingerprint density at radius 1 is 1.47 bits per heavy atom. The Bertz CT molecular complexity index is 431. The summed E-state index contributed by atoms with van der Waals surface area (Å²) in [6.07, 6.45) is 2.89. The number of carbonyl (C=O) groups excluding carboxylic acids is 1. The van der Waals surface area contributed by atoms with Crippen LogP contribution in [0, 0.1) is 5.41 Å². The molecule has 0 saturated heterocycles. The van der Waals surface area contributed by atoms with Crippen molar-refractivity contribution in [1.29, 1.82) is 0 Å². The van der Waals surface area contributed by atoms with Crippen LogP contribution in [0.5, 0.6) is 0 Å². The number of rotatable bonds is 3. The van der Waals surface area contributed by atoms with Gasteiger partial charge in [0, 0.05) is 7.05 Å². The largest absolute Gasteiger partial charge is 0.480 e. The molecule has 0 radical (unpaired) electrons. The molecule has 2 N–H and O–H groups in total. The summed E-state index contributed by atoms with van der Waals surface area (Å²) in [7, 11) is 1.68. The number of imidazole rings is 1. The average molecular weight is 239 g/mol. The minimum atomic E-state index is -1.05. The van der Waals surface area contributed by atoms with Gasteiger partial charge in [-0.2, -0.15) is 0 Å². The number of hydrogen-bond donors (Lipinski definition) is 2. The van der Waals surface area contributed by atoms with Gasteiger partial charge in [0.15, 0.2) is 0 Å². The van der Waals surface area contributed by atoms with E-state index in [1.165, 1.54) is 17.1 Å². The van der Waals surface area contributed by atoms with E-state index in [0.717, 1.165) is 0 Å². The minimum absolute atomic E-state index is 0.334. The van der Waals surface area contributed by atoms with E-state index in [4.69, 9.17) is 5.11 Å². The first-order valence-corrected chi connectivity index (χ1v) is 5.23. The van der Waals surface area contributed by atoms with Crippen molar-refractivity contribution in [1.82, 2.24) is 14.9 Å². The maximum Gasteiger partial charge on any atom is 0.326 e. The number of aliphatic carboxylic acids is 1. The quantitative estimate of drug-likeness (QED) is 0.811. The topological polar surface area (TPSA) is 84.2 Å². The molecule has 0 aromatic carbocycles. The predicted molar refractivity (Wildman–Crippen MR) is 61.6 cm³/mol. The second-order valence-electron chi connectivity index (χ2n) is 5.00.